The van der Waals surface area contributed by atoms with E-state index >= 15 is 0 Å². The summed E-state index contributed by atoms with van der Waals surface area (Å²) < 4.78 is 2.33. The van der Waals surface area contributed by atoms with Gasteiger partial charge in [0.15, 0.2) is 0 Å². The Kier molecular flexibility index (Phi) is 6.53. The molecular formula is C16H32N4. The molecule has 0 aromatic carbocycles. The zero-order valence-electron chi connectivity index (χ0n) is 14.3. The van der Waals surface area contributed by atoms with Crippen molar-refractivity contribution in [3.05, 3.63) is 11.9 Å². The normalized spacial score (nSPS) is 13.5. The van der Waals surface area contributed by atoms with E-state index in [9.17, 15) is 0 Å². The average Bonchev–Trinajstić information content (AvgIpc) is 2.65. The van der Waals surface area contributed by atoms with Gasteiger partial charge in [0, 0.05) is 25.3 Å². The summed E-state index contributed by atoms with van der Waals surface area (Å²) in [5.41, 5.74) is 1.09. The highest BCUT2D eigenvalue weighted by molar-refractivity contribution is 5.29. The van der Waals surface area contributed by atoms with Crippen molar-refractivity contribution in [2.75, 3.05) is 32.5 Å². The minimum atomic E-state index is 0.473. The molecule has 0 saturated carbocycles. The molecule has 1 atom stereocenters. The number of hydrogen-bond donors (Lipinski definition) is 1. The lowest BCUT2D eigenvalue weighted by atomic mass is 10.0. The second-order valence-electron chi connectivity index (χ2n) is 6.93. The van der Waals surface area contributed by atoms with E-state index in [1.165, 1.54) is 6.42 Å². The van der Waals surface area contributed by atoms with Gasteiger partial charge >= 0.3 is 0 Å². The van der Waals surface area contributed by atoms with Crippen molar-refractivity contribution in [2.24, 2.45) is 11.8 Å². The van der Waals surface area contributed by atoms with Crippen molar-refractivity contribution >= 4 is 5.95 Å². The van der Waals surface area contributed by atoms with Crippen molar-refractivity contribution in [2.45, 2.75) is 47.1 Å². The van der Waals surface area contributed by atoms with Gasteiger partial charge in [0.1, 0.15) is 0 Å². The maximum Gasteiger partial charge on any atom is 0.203 e. The van der Waals surface area contributed by atoms with Crippen LogP contribution in [0.3, 0.4) is 0 Å². The molecular weight excluding hydrogens is 248 g/mol. The monoisotopic (exact) mass is 280 g/mol. The predicted octanol–water partition coefficient (Wildman–Crippen LogP) is 3.41. The molecule has 0 aliphatic rings. The molecule has 1 N–H and O–H groups in total. The predicted molar refractivity (Wildman–Crippen MR) is 87.3 cm³/mol. The molecule has 1 heterocycles. The van der Waals surface area contributed by atoms with E-state index in [0.717, 1.165) is 24.7 Å². The van der Waals surface area contributed by atoms with Crippen LogP contribution in [0.1, 0.15) is 45.9 Å². The molecule has 20 heavy (non-hydrogen) atoms. The van der Waals surface area contributed by atoms with Gasteiger partial charge in [-0.25, -0.2) is 4.98 Å². The molecule has 116 valence electrons. The standard InChI is InChI=1S/C16H32N4/c1-12(2)8-15(11-19(6)7)20-10-14(5)18-16(20)17-9-13(3)4/h10,12-13,15H,8-9,11H2,1-7H3,(H,17,18). The number of aromatic nitrogens is 2. The number of anilines is 1. The van der Waals surface area contributed by atoms with Gasteiger partial charge in [-0.2, -0.15) is 0 Å². The molecule has 0 radical (unpaired) electrons. The smallest absolute Gasteiger partial charge is 0.203 e. The van der Waals surface area contributed by atoms with Gasteiger partial charge in [-0.3, -0.25) is 0 Å². The number of imidazole rings is 1. The van der Waals surface area contributed by atoms with Gasteiger partial charge in [0.2, 0.25) is 5.95 Å². The first-order valence-electron chi connectivity index (χ1n) is 7.73. The Morgan fingerprint density at radius 3 is 2.35 bits per heavy atom. The van der Waals surface area contributed by atoms with Crippen LogP contribution in [0.5, 0.6) is 0 Å². The summed E-state index contributed by atoms with van der Waals surface area (Å²) in [6.45, 7) is 13.1. The Bertz CT molecular complexity index is 383. The minimum absolute atomic E-state index is 0.473. The van der Waals surface area contributed by atoms with E-state index in [0.29, 0.717) is 17.9 Å². The van der Waals surface area contributed by atoms with E-state index in [1.807, 2.05) is 0 Å². The van der Waals surface area contributed by atoms with E-state index < -0.39 is 0 Å². The molecule has 4 nitrogen and oxygen atoms in total. The molecule has 1 rings (SSSR count). The van der Waals surface area contributed by atoms with Crippen LogP contribution in [0, 0.1) is 18.8 Å². The lowest BCUT2D eigenvalue weighted by molar-refractivity contribution is 0.290. The summed E-state index contributed by atoms with van der Waals surface area (Å²) >= 11 is 0. The zero-order valence-corrected chi connectivity index (χ0v) is 14.3. The van der Waals surface area contributed by atoms with Crippen molar-refractivity contribution in [3.63, 3.8) is 0 Å². The highest BCUT2D eigenvalue weighted by Crippen LogP contribution is 2.23. The lowest BCUT2D eigenvalue weighted by Gasteiger charge is -2.26. The molecule has 0 aliphatic carbocycles. The highest BCUT2D eigenvalue weighted by Gasteiger charge is 2.18. The number of nitrogens with zero attached hydrogens (tertiary/aromatic N) is 3. The van der Waals surface area contributed by atoms with Crippen LogP contribution < -0.4 is 5.32 Å². The zero-order chi connectivity index (χ0) is 15.3. The second kappa shape index (κ2) is 7.67. The number of nitrogens with one attached hydrogen (secondary N) is 1. The van der Waals surface area contributed by atoms with Crippen LogP contribution in [-0.4, -0.2) is 41.6 Å². The molecule has 4 heteroatoms. The molecule has 0 aliphatic heterocycles. The number of rotatable bonds is 8. The van der Waals surface area contributed by atoms with Crippen LogP contribution in [0.15, 0.2) is 6.20 Å². The Hall–Kier alpha value is -1.03. The fourth-order valence-corrected chi connectivity index (χ4v) is 2.46. The van der Waals surface area contributed by atoms with Crippen LogP contribution in [0.25, 0.3) is 0 Å². The second-order valence-corrected chi connectivity index (χ2v) is 6.93. The molecule has 1 aromatic heterocycles. The van der Waals surface area contributed by atoms with Crippen LogP contribution in [0.2, 0.25) is 0 Å². The molecule has 0 bridgehead atoms. The third kappa shape index (κ3) is 5.53. The third-order valence-electron chi connectivity index (χ3n) is 3.23. The first kappa shape index (κ1) is 17.0. The number of aryl methyl sites for hydroxylation is 1. The maximum atomic E-state index is 4.65. The Balaban J connectivity index is 2.92. The third-order valence-corrected chi connectivity index (χ3v) is 3.23. The van der Waals surface area contributed by atoms with Crippen molar-refractivity contribution in [3.8, 4) is 0 Å². The Morgan fingerprint density at radius 1 is 1.20 bits per heavy atom. The van der Waals surface area contributed by atoms with Crippen molar-refractivity contribution in [1.82, 2.24) is 14.5 Å². The first-order chi connectivity index (χ1) is 9.29. The molecule has 0 fully saturated rings. The molecule has 1 aromatic rings. The van der Waals surface area contributed by atoms with Gasteiger partial charge in [0.05, 0.1) is 5.69 Å². The van der Waals surface area contributed by atoms with E-state index in [1.54, 1.807) is 0 Å². The van der Waals surface area contributed by atoms with Crippen LogP contribution in [-0.2, 0) is 0 Å². The fourth-order valence-electron chi connectivity index (χ4n) is 2.46. The van der Waals surface area contributed by atoms with Crippen molar-refractivity contribution in [1.29, 1.82) is 0 Å². The molecule has 1 unspecified atom stereocenters. The number of likely N-dealkylation sites (N-methyl/N-ethyl adjacent to an activating group) is 1. The first-order valence-corrected chi connectivity index (χ1v) is 7.73. The Morgan fingerprint density at radius 2 is 1.85 bits per heavy atom. The lowest BCUT2D eigenvalue weighted by Crippen LogP contribution is -2.27. The number of hydrogen-bond acceptors (Lipinski definition) is 3. The summed E-state index contributed by atoms with van der Waals surface area (Å²) in [4.78, 5) is 6.91. The van der Waals surface area contributed by atoms with Gasteiger partial charge in [-0.1, -0.05) is 27.7 Å². The van der Waals surface area contributed by atoms with Gasteiger partial charge in [-0.05, 0) is 39.3 Å². The fraction of sp³-hybridized carbons (Fsp3) is 0.812. The summed E-state index contributed by atoms with van der Waals surface area (Å²) in [6, 6.07) is 0.473. The topological polar surface area (TPSA) is 33.1 Å². The maximum absolute atomic E-state index is 4.65. The summed E-state index contributed by atoms with van der Waals surface area (Å²) in [5.74, 6) is 2.32. The van der Waals surface area contributed by atoms with E-state index in [4.69, 9.17) is 0 Å². The van der Waals surface area contributed by atoms with Gasteiger partial charge in [0.25, 0.3) is 0 Å². The summed E-state index contributed by atoms with van der Waals surface area (Å²) in [7, 11) is 4.27. The SMILES string of the molecule is Cc1cn(C(CC(C)C)CN(C)C)c(NCC(C)C)n1. The minimum Gasteiger partial charge on any atom is -0.355 e. The molecule has 0 saturated heterocycles. The van der Waals surface area contributed by atoms with E-state index in [-0.39, 0.29) is 0 Å². The quantitative estimate of drug-likeness (QED) is 0.792. The largest absolute Gasteiger partial charge is 0.355 e. The van der Waals surface area contributed by atoms with Crippen LogP contribution >= 0.6 is 0 Å². The van der Waals surface area contributed by atoms with Crippen LogP contribution in [0.4, 0.5) is 5.95 Å². The van der Waals surface area contributed by atoms with Gasteiger partial charge in [-0.15, -0.1) is 0 Å². The summed E-state index contributed by atoms with van der Waals surface area (Å²) in [6.07, 6.45) is 3.35. The average molecular weight is 280 g/mol. The molecule has 0 amide bonds. The highest BCUT2D eigenvalue weighted by atomic mass is 15.2. The Labute approximate surface area is 124 Å². The van der Waals surface area contributed by atoms with Crippen molar-refractivity contribution < 1.29 is 0 Å². The van der Waals surface area contributed by atoms with E-state index in [2.05, 4.69) is 74.7 Å². The van der Waals surface area contributed by atoms with Gasteiger partial charge < -0.3 is 14.8 Å². The molecule has 0 spiro atoms. The summed E-state index contributed by atoms with van der Waals surface area (Å²) in [5, 5.41) is 3.49.